The molecular weight excluding hydrogens is 364 g/mol. The first-order chi connectivity index (χ1) is 12.3. The van der Waals surface area contributed by atoms with Crippen LogP contribution >= 0.6 is 0 Å². The van der Waals surface area contributed by atoms with E-state index in [2.05, 4.69) is 5.32 Å². The first-order valence-electron chi connectivity index (χ1n) is 8.08. The van der Waals surface area contributed by atoms with Gasteiger partial charge in [0, 0.05) is 19.6 Å². The van der Waals surface area contributed by atoms with E-state index in [0.717, 1.165) is 0 Å². The van der Waals surface area contributed by atoms with Crippen molar-refractivity contribution in [1.82, 2.24) is 9.62 Å². The second-order valence-electron chi connectivity index (χ2n) is 5.67. The fourth-order valence-electron chi connectivity index (χ4n) is 2.52. The summed E-state index contributed by atoms with van der Waals surface area (Å²) in [5.41, 5.74) is 0.491. The number of carboxylic acids is 1. The normalized spacial score (nSPS) is 15.4. The number of aliphatic carboxylic acids is 1. The van der Waals surface area contributed by atoms with Crippen molar-refractivity contribution < 1.29 is 32.6 Å². The summed E-state index contributed by atoms with van der Waals surface area (Å²) in [4.78, 5) is 22.4. The molecule has 1 aliphatic heterocycles. The SMILES string of the molecule is COc1ccc(CC(=O)NCCC(=O)O)cc1S(=O)(=O)N1CCOCC1. The number of carbonyl (C=O) groups excluding carboxylic acids is 1. The van der Waals surface area contributed by atoms with Crippen LogP contribution in [0.3, 0.4) is 0 Å². The second-order valence-corrected chi connectivity index (χ2v) is 7.58. The monoisotopic (exact) mass is 386 g/mol. The Morgan fingerprint density at radius 3 is 2.62 bits per heavy atom. The molecule has 1 aromatic rings. The summed E-state index contributed by atoms with van der Waals surface area (Å²) in [6.07, 6.45) is -0.236. The molecule has 1 aromatic carbocycles. The molecule has 10 heteroatoms. The van der Waals surface area contributed by atoms with E-state index in [9.17, 15) is 18.0 Å². The summed E-state index contributed by atoms with van der Waals surface area (Å²) < 4.78 is 37.4. The van der Waals surface area contributed by atoms with Gasteiger partial charge < -0.3 is 19.9 Å². The predicted octanol–water partition coefficient (Wildman–Crippen LogP) is -0.150. The van der Waals surface area contributed by atoms with Crippen molar-refractivity contribution in [2.24, 2.45) is 0 Å². The lowest BCUT2D eigenvalue weighted by atomic mass is 10.1. The molecule has 0 unspecified atom stereocenters. The molecule has 2 N–H and O–H groups in total. The van der Waals surface area contributed by atoms with Gasteiger partial charge in [-0.1, -0.05) is 6.07 Å². The highest BCUT2D eigenvalue weighted by Crippen LogP contribution is 2.28. The lowest BCUT2D eigenvalue weighted by molar-refractivity contribution is -0.136. The topological polar surface area (TPSA) is 122 Å². The van der Waals surface area contributed by atoms with Gasteiger partial charge >= 0.3 is 5.97 Å². The standard InChI is InChI=1S/C16H22N2O7S/c1-24-13-3-2-12(11-15(19)17-5-4-16(20)21)10-14(13)26(22,23)18-6-8-25-9-7-18/h2-3,10H,4-9,11H2,1H3,(H,17,19)(H,20,21). The number of hydrogen-bond donors (Lipinski definition) is 2. The molecule has 0 radical (unpaired) electrons. The van der Waals surface area contributed by atoms with Crippen molar-refractivity contribution in [2.45, 2.75) is 17.7 Å². The number of benzene rings is 1. The maximum atomic E-state index is 12.9. The number of rotatable bonds is 8. The van der Waals surface area contributed by atoms with Crippen molar-refractivity contribution >= 4 is 21.9 Å². The zero-order chi connectivity index (χ0) is 19.2. The van der Waals surface area contributed by atoms with E-state index < -0.39 is 16.0 Å². The third kappa shape index (κ3) is 5.16. The van der Waals surface area contributed by atoms with Crippen LogP contribution in [0, 0.1) is 0 Å². The highest BCUT2D eigenvalue weighted by atomic mass is 32.2. The first kappa shape index (κ1) is 20.1. The number of hydrogen-bond acceptors (Lipinski definition) is 6. The Kier molecular flexibility index (Phi) is 6.95. The molecule has 1 amide bonds. The van der Waals surface area contributed by atoms with Crippen LogP contribution in [0.4, 0.5) is 0 Å². The third-order valence-electron chi connectivity index (χ3n) is 3.84. The first-order valence-corrected chi connectivity index (χ1v) is 9.52. The molecule has 1 heterocycles. The van der Waals surface area contributed by atoms with E-state index in [0.29, 0.717) is 18.8 Å². The summed E-state index contributed by atoms with van der Waals surface area (Å²) in [5, 5.41) is 11.1. The largest absolute Gasteiger partial charge is 0.495 e. The maximum Gasteiger partial charge on any atom is 0.305 e. The minimum atomic E-state index is -3.77. The fourth-order valence-corrected chi connectivity index (χ4v) is 4.13. The van der Waals surface area contributed by atoms with Crippen LogP contribution in [0.15, 0.2) is 23.1 Å². The molecule has 1 fully saturated rings. The third-order valence-corrected chi connectivity index (χ3v) is 5.76. The number of carbonyl (C=O) groups is 2. The van der Waals surface area contributed by atoms with Gasteiger partial charge in [0.2, 0.25) is 15.9 Å². The Labute approximate surface area is 151 Å². The van der Waals surface area contributed by atoms with Crippen LogP contribution in [-0.4, -0.2) is 69.7 Å². The van der Waals surface area contributed by atoms with E-state index in [1.54, 1.807) is 6.07 Å². The number of morpholine rings is 1. The van der Waals surface area contributed by atoms with E-state index in [4.69, 9.17) is 14.6 Å². The van der Waals surface area contributed by atoms with Gasteiger partial charge in [-0.2, -0.15) is 4.31 Å². The quantitative estimate of drug-likeness (QED) is 0.637. The van der Waals surface area contributed by atoms with E-state index in [-0.39, 0.29) is 49.0 Å². The Bertz CT molecular complexity index is 758. The number of amides is 1. The van der Waals surface area contributed by atoms with Gasteiger partial charge in [-0.3, -0.25) is 9.59 Å². The minimum absolute atomic E-state index is 0.00210. The lowest BCUT2D eigenvalue weighted by Crippen LogP contribution is -2.40. The van der Waals surface area contributed by atoms with Crippen LogP contribution in [-0.2, 0) is 30.8 Å². The Balaban J connectivity index is 2.17. The molecule has 0 aromatic heterocycles. The summed E-state index contributed by atoms with van der Waals surface area (Å²) in [6.45, 7) is 1.18. The molecule has 1 aliphatic rings. The Morgan fingerprint density at radius 1 is 1.31 bits per heavy atom. The molecule has 0 saturated carbocycles. The van der Waals surface area contributed by atoms with Gasteiger partial charge in [-0.15, -0.1) is 0 Å². The van der Waals surface area contributed by atoms with Crippen LogP contribution in [0.5, 0.6) is 5.75 Å². The molecule has 0 bridgehead atoms. The molecule has 26 heavy (non-hydrogen) atoms. The average Bonchev–Trinajstić information content (AvgIpc) is 2.62. The molecule has 9 nitrogen and oxygen atoms in total. The summed E-state index contributed by atoms with van der Waals surface area (Å²) in [7, 11) is -2.39. The van der Waals surface area contributed by atoms with Crippen LogP contribution in [0.2, 0.25) is 0 Å². The van der Waals surface area contributed by atoms with E-state index >= 15 is 0 Å². The number of methoxy groups -OCH3 is 1. The van der Waals surface area contributed by atoms with Crippen molar-refractivity contribution in [3.05, 3.63) is 23.8 Å². The van der Waals surface area contributed by atoms with Gasteiger partial charge in [0.1, 0.15) is 10.6 Å². The summed E-state index contributed by atoms with van der Waals surface area (Å²) in [6, 6.07) is 4.53. The molecule has 1 saturated heterocycles. The zero-order valence-corrected chi connectivity index (χ0v) is 15.3. The van der Waals surface area contributed by atoms with Crippen molar-refractivity contribution in [3.8, 4) is 5.75 Å². The number of carboxylic acid groups (broad SMARTS) is 1. The van der Waals surface area contributed by atoms with Crippen LogP contribution in [0.25, 0.3) is 0 Å². The Morgan fingerprint density at radius 2 is 2.00 bits per heavy atom. The van der Waals surface area contributed by atoms with E-state index in [1.807, 2.05) is 0 Å². The number of sulfonamides is 1. The van der Waals surface area contributed by atoms with Crippen molar-refractivity contribution in [3.63, 3.8) is 0 Å². The fraction of sp³-hybridized carbons (Fsp3) is 0.500. The highest BCUT2D eigenvalue weighted by Gasteiger charge is 2.29. The number of nitrogens with zero attached hydrogens (tertiary/aromatic N) is 1. The van der Waals surface area contributed by atoms with Crippen molar-refractivity contribution in [2.75, 3.05) is 40.0 Å². The zero-order valence-electron chi connectivity index (χ0n) is 14.4. The van der Waals surface area contributed by atoms with E-state index in [1.165, 1.54) is 23.5 Å². The molecule has 0 aliphatic carbocycles. The van der Waals surface area contributed by atoms with Crippen LogP contribution in [0.1, 0.15) is 12.0 Å². The molecule has 0 spiro atoms. The summed E-state index contributed by atoms with van der Waals surface area (Å²) >= 11 is 0. The molecule has 0 atom stereocenters. The van der Waals surface area contributed by atoms with Crippen LogP contribution < -0.4 is 10.1 Å². The summed E-state index contributed by atoms with van der Waals surface area (Å²) in [5.74, 6) is -1.19. The van der Waals surface area contributed by atoms with Gasteiger partial charge in [-0.05, 0) is 17.7 Å². The van der Waals surface area contributed by atoms with Gasteiger partial charge in [0.25, 0.3) is 0 Å². The number of nitrogens with one attached hydrogen (secondary N) is 1. The lowest BCUT2D eigenvalue weighted by Gasteiger charge is -2.26. The molecular formula is C16H22N2O7S. The van der Waals surface area contributed by atoms with Gasteiger partial charge in [0.05, 0.1) is 33.2 Å². The van der Waals surface area contributed by atoms with Crippen molar-refractivity contribution in [1.29, 1.82) is 0 Å². The predicted molar refractivity (Wildman–Crippen MR) is 91.5 cm³/mol. The number of ether oxygens (including phenoxy) is 2. The smallest absolute Gasteiger partial charge is 0.305 e. The Hall–Kier alpha value is -2.17. The molecule has 144 valence electrons. The maximum absolute atomic E-state index is 12.9. The molecule has 2 rings (SSSR count). The van der Waals surface area contributed by atoms with Gasteiger partial charge in [-0.25, -0.2) is 8.42 Å². The van der Waals surface area contributed by atoms with Gasteiger partial charge in [0.15, 0.2) is 0 Å². The average molecular weight is 386 g/mol. The highest BCUT2D eigenvalue weighted by molar-refractivity contribution is 7.89. The second kappa shape index (κ2) is 8.97. The minimum Gasteiger partial charge on any atom is -0.495 e.